The number of aromatic nitrogens is 1. The minimum Gasteiger partial charge on any atom is -0.355 e. The number of nitrogens with zero attached hydrogens (tertiary/aromatic N) is 1. The number of benzene rings is 2. The normalized spacial score (nSPS) is 11.5. The maximum Gasteiger partial charge on any atom is 0.264 e. The molecule has 7 nitrogen and oxygen atoms in total. The highest BCUT2D eigenvalue weighted by Gasteiger charge is 2.23. The van der Waals surface area contributed by atoms with Crippen LogP contribution in [0.3, 0.4) is 0 Å². The van der Waals surface area contributed by atoms with Crippen molar-refractivity contribution in [1.82, 2.24) is 10.5 Å². The van der Waals surface area contributed by atoms with Gasteiger partial charge in [-0.2, -0.15) is 0 Å². The number of halogens is 2. The minimum absolute atomic E-state index is 0.0161. The molecule has 0 saturated carbocycles. The van der Waals surface area contributed by atoms with Crippen LogP contribution in [0, 0.1) is 13.8 Å². The topological polar surface area (TPSA) is 101 Å². The minimum atomic E-state index is -4.06. The molecule has 0 atom stereocenters. The second kappa shape index (κ2) is 9.25. The molecule has 0 spiro atoms. The van der Waals surface area contributed by atoms with Gasteiger partial charge in [0.15, 0.2) is 0 Å². The molecule has 3 rings (SSSR count). The Morgan fingerprint density at radius 1 is 1.13 bits per heavy atom. The van der Waals surface area contributed by atoms with Crippen LogP contribution in [-0.2, 0) is 27.8 Å². The third-order valence-corrected chi connectivity index (χ3v) is 6.18. The molecular weight excluding hydrogens is 428 g/mol. The van der Waals surface area contributed by atoms with Crippen LogP contribution in [0.25, 0.3) is 11.1 Å². The Morgan fingerprint density at radius 3 is 2.52 bits per heavy atom. The van der Waals surface area contributed by atoms with Crippen molar-refractivity contribution in [3.8, 4) is 11.1 Å². The van der Waals surface area contributed by atoms with E-state index >= 15 is 0 Å². The Bertz CT molecular complexity index is 1190. The zero-order valence-electron chi connectivity index (χ0n) is 16.9. The fourth-order valence-corrected chi connectivity index (χ4v) is 4.39. The van der Waals surface area contributed by atoms with Crippen LogP contribution in [0.5, 0.6) is 0 Å². The number of carbonyl (C=O) groups is 1. The fourth-order valence-electron chi connectivity index (χ4n) is 3.12. The van der Waals surface area contributed by atoms with Gasteiger partial charge in [0, 0.05) is 24.1 Å². The second-order valence-electron chi connectivity index (χ2n) is 6.91. The average molecular weight is 449 g/mol. The molecule has 2 aromatic carbocycles. The van der Waals surface area contributed by atoms with Crippen molar-refractivity contribution < 1.29 is 26.5 Å². The summed E-state index contributed by atoms with van der Waals surface area (Å²) in [5, 5.41) is 6.26. The maximum absolute atomic E-state index is 13.1. The smallest absolute Gasteiger partial charge is 0.264 e. The number of carbonyl (C=O) groups excluding carboxylic acids is 1. The first-order chi connectivity index (χ1) is 14.7. The molecule has 0 radical (unpaired) electrons. The van der Waals surface area contributed by atoms with Gasteiger partial charge in [0.05, 0.1) is 10.6 Å². The van der Waals surface area contributed by atoms with Crippen molar-refractivity contribution in [3.05, 3.63) is 64.8 Å². The summed E-state index contributed by atoms with van der Waals surface area (Å²) in [5.74, 6) is 0.0161. The third-order valence-electron chi connectivity index (χ3n) is 4.79. The summed E-state index contributed by atoms with van der Waals surface area (Å²) in [5.41, 5.74) is 2.87. The van der Waals surface area contributed by atoms with Crippen LogP contribution in [0.15, 0.2) is 51.9 Å². The van der Waals surface area contributed by atoms with E-state index in [-0.39, 0.29) is 17.3 Å². The summed E-state index contributed by atoms with van der Waals surface area (Å²) >= 11 is 0. The van der Waals surface area contributed by atoms with E-state index in [1.807, 2.05) is 0 Å². The third kappa shape index (κ3) is 5.08. The molecule has 1 amide bonds. The zero-order chi connectivity index (χ0) is 22.6. The lowest BCUT2D eigenvalue weighted by molar-refractivity contribution is -0.109. The van der Waals surface area contributed by atoms with Gasteiger partial charge in [0.25, 0.3) is 10.0 Å². The van der Waals surface area contributed by atoms with Crippen molar-refractivity contribution in [1.29, 1.82) is 0 Å². The maximum atomic E-state index is 13.1. The molecule has 3 aromatic rings. The molecule has 164 valence electrons. The van der Waals surface area contributed by atoms with Gasteiger partial charge in [-0.1, -0.05) is 41.6 Å². The van der Waals surface area contributed by atoms with E-state index in [2.05, 4.69) is 15.2 Å². The van der Waals surface area contributed by atoms with Crippen LogP contribution >= 0.6 is 0 Å². The van der Waals surface area contributed by atoms with Crippen LogP contribution in [0.4, 0.5) is 14.7 Å². The predicted molar refractivity (Wildman–Crippen MR) is 111 cm³/mol. The van der Waals surface area contributed by atoms with E-state index < -0.39 is 22.9 Å². The van der Waals surface area contributed by atoms with Crippen LogP contribution < -0.4 is 10.0 Å². The van der Waals surface area contributed by atoms with Crippen LogP contribution in [-0.4, -0.2) is 26.4 Å². The number of anilines is 1. The molecule has 1 heterocycles. The molecule has 0 saturated heterocycles. The van der Waals surface area contributed by atoms with Gasteiger partial charge in [0.1, 0.15) is 0 Å². The first-order valence-corrected chi connectivity index (χ1v) is 10.8. The standard InChI is InChI=1S/C21H21F2N3O4S/c1-13-14(2)25-30-21(13)26-31(28,29)19-6-4-3-5-18(19)17-8-7-15(10-20(22)23)9-16(17)11-24-12-27/h3-9,12,20,26H,10-11H2,1-2H3,(H,24,27). The molecule has 31 heavy (non-hydrogen) atoms. The van der Waals surface area contributed by atoms with Gasteiger partial charge in [0.2, 0.25) is 18.7 Å². The molecule has 1 aromatic heterocycles. The first kappa shape index (κ1) is 22.4. The lowest BCUT2D eigenvalue weighted by atomic mass is 9.96. The number of hydrogen-bond donors (Lipinski definition) is 2. The lowest BCUT2D eigenvalue weighted by Crippen LogP contribution is -2.15. The Morgan fingerprint density at radius 2 is 1.87 bits per heavy atom. The summed E-state index contributed by atoms with van der Waals surface area (Å²) in [6, 6.07) is 10.9. The number of amides is 1. The molecule has 0 bridgehead atoms. The van der Waals surface area contributed by atoms with Gasteiger partial charge >= 0.3 is 0 Å². The number of hydrogen-bond acceptors (Lipinski definition) is 5. The molecule has 0 aliphatic heterocycles. The van der Waals surface area contributed by atoms with Crippen molar-refractivity contribution in [3.63, 3.8) is 0 Å². The van der Waals surface area contributed by atoms with Gasteiger partial charge in [-0.05, 0) is 36.6 Å². The Labute approximate surface area is 178 Å². The highest BCUT2D eigenvalue weighted by atomic mass is 32.2. The Balaban J connectivity index is 2.08. The van der Waals surface area contributed by atoms with Gasteiger partial charge in [-0.15, -0.1) is 0 Å². The Hall–Kier alpha value is -3.27. The molecule has 10 heteroatoms. The molecule has 0 aliphatic rings. The van der Waals surface area contributed by atoms with E-state index in [1.54, 1.807) is 44.2 Å². The monoisotopic (exact) mass is 449 g/mol. The highest BCUT2D eigenvalue weighted by molar-refractivity contribution is 7.92. The lowest BCUT2D eigenvalue weighted by Gasteiger charge is -2.16. The van der Waals surface area contributed by atoms with E-state index in [1.165, 1.54) is 12.1 Å². The molecule has 2 N–H and O–H groups in total. The number of aryl methyl sites for hydroxylation is 1. The summed E-state index contributed by atoms with van der Waals surface area (Å²) in [7, 11) is -4.06. The average Bonchev–Trinajstić information content (AvgIpc) is 3.03. The number of sulfonamides is 1. The molecule has 0 aliphatic carbocycles. The van der Waals surface area contributed by atoms with Crippen molar-refractivity contribution in [2.45, 2.75) is 38.1 Å². The zero-order valence-corrected chi connectivity index (χ0v) is 17.7. The summed E-state index contributed by atoms with van der Waals surface area (Å²) in [4.78, 5) is 10.8. The Kier molecular flexibility index (Phi) is 6.69. The fraction of sp³-hybridized carbons (Fsp3) is 0.238. The van der Waals surface area contributed by atoms with Crippen molar-refractivity contribution >= 4 is 22.3 Å². The van der Waals surface area contributed by atoms with Crippen molar-refractivity contribution in [2.75, 3.05) is 4.72 Å². The summed E-state index contributed by atoms with van der Waals surface area (Å²) < 4.78 is 59.4. The largest absolute Gasteiger partial charge is 0.355 e. The van der Waals surface area contributed by atoms with E-state index in [9.17, 15) is 22.0 Å². The molecule has 0 fully saturated rings. The van der Waals surface area contributed by atoms with E-state index in [0.717, 1.165) is 0 Å². The van der Waals surface area contributed by atoms with Crippen molar-refractivity contribution in [2.24, 2.45) is 0 Å². The van der Waals surface area contributed by atoms with E-state index in [0.29, 0.717) is 39.9 Å². The van der Waals surface area contributed by atoms with Crippen LogP contribution in [0.2, 0.25) is 0 Å². The van der Waals surface area contributed by atoms with Gasteiger partial charge in [-0.3, -0.25) is 4.79 Å². The SMILES string of the molecule is Cc1noc(NS(=O)(=O)c2ccccc2-c2ccc(CC(F)F)cc2CNC=O)c1C. The van der Waals surface area contributed by atoms with Gasteiger partial charge in [-0.25, -0.2) is 21.9 Å². The summed E-state index contributed by atoms with van der Waals surface area (Å²) in [6.07, 6.45) is -2.48. The highest BCUT2D eigenvalue weighted by Crippen LogP contribution is 2.33. The second-order valence-corrected chi connectivity index (χ2v) is 8.56. The number of rotatable bonds is 9. The predicted octanol–water partition coefficient (Wildman–Crippen LogP) is 3.81. The van der Waals surface area contributed by atoms with Gasteiger partial charge < -0.3 is 9.84 Å². The quantitative estimate of drug-likeness (QED) is 0.484. The van der Waals surface area contributed by atoms with Crippen LogP contribution in [0.1, 0.15) is 22.4 Å². The molecular formula is C21H21F2N3O4S. The number of nitrogens with one attached hydrogen (secondary N) is 2. The number of alkyl halides is 2. The van der Waals surface area contributed by atoms with E-state index in [4.69, 9.17) is 4.52 Å². The molecule has 0 unspecified atom stereocenters. The summed E-state index contributed by atoms with van der Waals surface area (Å²) in [6.45, 7) is 3.43. The first-order valence-electron chi connectivity index (χ1n) is 9.35.